The van der Waals surface area contributed by atoms with Crippen LogP contribution in [-0.4, -0.2) is 26.6 Å². The number of hydrogen-bond donors (Lipinski definition) is 0. The first-order valence-corrected chi connectivity index (χ1v) is 10.1. The summed E-state index contributed by atoms with van der Waals surface area (Å²) in [5.74, 6) is -0.0480. The van der Waals surface area contributed by atoms with E-state index >= 15 is 0 Å². The fourth-order valence-electron chi connectivity index (χ4n) is 3.00. The second-order valence-corrected chi connectivity index (χ2v) is 7.64. The van der Waals surface area contributed by atoms with E-state index in [2.05, 4.69) is 10.2 Å². The normalized spacial score (nSPS) is 13.7. The highest BCUT2D eigenvalue weighted by molar-refractivity contribution is 8.04. The van der Waals surface area contributed by atoms with E-state index in [4.69, 9.17) is 0 Å². The highest BCUT2D eigenvalue weighted by Crippen LogP contribution is 2.40. The number of ketones is 1. The molecule has 6 nitrogen and oxygen atoms in total. The molecule has 1 aliphatic heterocycles. The summed E-state index contributed by atoms with van der Waals surface area (Å²) in [4.78, 5) is 26.5. The number of amides is 1. The number of hydrogen-bond acceptors (Lipinski definition) is 5. The summed E-state index contributed by atoms with van der Waals surface area (Å²) in [6.07, 6.45) is 3.81. The van der Waals surface area contributed by atoms with Gasteiger partial charge in [0.2, 0.25) is 11.1 Å². The van der Waals surface area contributed by atoms with Crippen LogP contribution in [0, 0.1) is 13.8 Å². The van der Waals surface area contributed by atoms with Crippen molar-refractivity contribution in [3.8, 4) is 0 Å². The molecule has 0 saturated heterocycles. The van der Waals surface area contributed by atoms with Crippen molar-refractivity contribution in [2.24, 2.45) is 0 Å². The van der Waals surface area contributed by atoms with E-state index in [1.807, 2.05) is 45.9 Å². The molecule has 0 radical (unpaired) electrons. The van der Waals surface area contributed by atoms with Crippen LogP contribution in [0.25, 0.3) is 5.70 Å². The standard InChI is InChI=1S/C20H24N4O2S/c1-5-7-16(25)19-18(15-10-9-13(3)14(4)11-15)24(17(26)8-6-2)23-12-21-22-20(23)27-19/h9-12H,5-8H2,1-4H3. The van der Waals surface area contributed by atoms with Gasteiger partial charge in [-0.2, -0.15) is 0 Å². The summed E-state index contributed by atoms with van der Waals surface area (Å²) in [5.41, 5.74) is 3.77. The van der Waals surface area contributed by atoms with E-state index in [1.165, 1.54) is 23.7 Å². The van der Waals surface area contributed by atoms with Gasteiger partial charge in [-0.25, -0.2) is 9.69 Å². The summed E-state index contributed by atoms with van der Waals surface area (Å²) >= 11 is 1.29. The van der Waals surface area contributed by atoms with Crippen LogP contribution in [0.15, 0.2) is 34.6 Å². The third-order valence-electron chi connectivity index (χ3n) is 4.55. The summed E-state index contributed by atoms with van der Waals surface area (Å²) in [6, 6.07) is 6.03. The minimum Gasteiger partial charge on any atom is -0.294 e. The molecule has 0 bridgehead atoms. The largest absolute Gasteiger partial charge is 0.294 e. The van der Waals surface area contributed by atoms with Gasteiger partial charge in [0.25, 0.3) is 0 Å². The van der Waals surface area contributed by atoms with Crippen molar-refractivity contribution in [2.45, 2.75) is 58.5 Å². The van der Waals surface area contributed by atoms with Gasteiger partial charge >= 0.3 is 0 Å². The van der Waals surface area contributed by atoms with E-state index in [9.17, 15) is 9.59 Å². The Balaban J connectivity index is 2.24. The van der Waals surface area contributed by atoms with E-state index in [0.29, 0.717) is 28.6 Å². The lowest BCUT2D eigenvalue weighted by atomic mass is 10.0. The summed E-state index contributed by atoms with van der Waals surface area (Å²) in [5, 5.41) is 10.2. The monoisotopic (exact) mass is 384 g/mol. The van der Waals surface area contributed by atoms with E-state index in [-0.39, 0.29) is 11.7 Å². The Morgan fingerprint density at radius 2 is 1.81 bits per heavy atom. The van der Waals surface area contributed by atoms with Crippen molar-refractivity contribution >= 4 is 29.1 Å². The Morgan fingerprint density at radius 1 is 1.07 bits per heavy atom. The van der Waals surface area contributed by atoms with Crippen molar-refractivity contribution in [3.63, 3.8) is 0 Å². The number of aromatic nitrogens is 3. The molecule has 0 spiro atoms. The summed E-state index contributed by atoms with van der Waals surface area (Å²) < 4.78 is 1.65. The van der Waals surface area contributed by atoms with Crippen LogP contribution in [0.4, 0.5) is 0 Å². The van der Waals surface area contributed by atoms with Gasteiger partial charge in [0.05, 0.1) is 10.6 Å². The van der Waals surface area contributed by atoms with Gasteiger partial charge in [0.15, 0.2) is 5.78 Å². The molecule has 0 N–H and O–H groups in total. The van der Waals surface area contributed by atoms with Gasteiger partial charge in [-0.3, -0.25) is 9.59 Å². The zero-order chi connectivity index (χ0) is 19.6. The van der Waals surface area contributed by atoms with Crippen molar-refractivity contribution in [3.05, 3.63) is 46.1 Å². The molecule has 1 aromatic heterocycles. The van der Waals surface area contributed by atoms with E-state index < -0.39 is 0 Å². The second kappa shape index (κ2) is 8.08. The van der Waals surface area contributed by atoms with Gasteiger partial charge in [-0.05, 0) is 55.6 Å². The highest BCUT2D eigenvalue weighted by Gasteiger charge is 2.34. The number of aryl methyl sites for hydroxylation is 2. The number of thioether (sulfide) groups is 1. The smallest absolute Gasteiger partial charge is 0.246 e. The van der Waals surface area contributed by atoms with Crippen LogP contribution in [0.1, 0.15) is 56.2 Å². The lowest BCUT2D eigenvalue weighted by Crippen LogP contribution is -2.41. The highest BCUT2D eigenvalue weighted by atomic mass is 32.2. The zero-order valence-electron chi connectivity index (χ0n) is 16.2. The van der Waals surface area contributed by atoms with Crippen LogP contribution >= 0.6 is 11.8 Å². The quantitative estimate of drug-likeness (QED) is 0.753. The number of carbonyl (C=O) groups is 2. The van der Waals surface area contributed by atoms with Crippen LogP contribution < -0.4 is 5.01 Å². The van der Waals surface area contributed by atoms with Crippen LogP contribution in [0.3, 0.4) is 0 Å². The SMILES string of the molecule is CCCC(=O)C1=C(c2ccc(C)c(C)c2)N(C(=O)CCC)n2cnnc2S1. The molecule has 0 aliphatic carbocycles. The fraction of sp³-hybridized carbons (Fsp3) is 0.400. The molecular weight excluding hydrogens is 360 g/mol. The van der Waals surface area contributed by atoms with Gasteiger partial charge in [0.1, 0.15) is 6.33 Å². The Kier molecular flexibility index (Phi) is 5.79. The molecule has 7 heteroatoms. The summed E-state index contributed by atoms with van der Waals surface area (Å²) in [6.45, 7) is 8.02. The fourth-order valence-corrected chi connectivity index (χ4v) is 4.01. The first kappa shape index (κ1) is 19.4. The minimum atomic E-state index is -0.0751. The van der Waals surface area contributed by atoms with Gasteiger partial charge in [-0.1, -0.05) is 26.0 Å². The molecule has 0 saturated carbocycles. The number of rotatable bonds is 6. The molecule has 2 heterocycles. The molecule has 142 valence electrons. The predicted octanol–water partition coefficient (Wildman–Crippen LogP) is 4.00. The molecule has 1 aliphatic rings. The number of fused-ring (bicyclic) bond motifs is 1. The maximum Gasteiger partial charge on any atom is 0.246 e. The maximum atomic E-state index is 13.0. The Bertz CT molecular complexity index is 916. The summed E-state index contributed by atoms with van der Waals surface area (Å²) in [7, 11) is 0. The van der Waals surface area contributed by atoms with Crippen molar-refractivity contribution in [1.29, 1.82) is 0 Å². The first-order chi connectivity index (χ1) is 13.0. The van der Waals surface area contributed by atoms with Crippen molar-refractivity contribution < 1.29 is 9.59 Å². The Morgan fingerprint density at radius 3 is 2.48 bits per heavy atom. The van der Waals surface area contributed by atoms with Gasteiger partial charge in [0, 0.05) is 18.4 Å². The van der Waals surface area contributed by atoms with Crippen molar-refractivity contribution in [1.82, 2.24) is 14.9 Å². The van der Waals surface area contributed by atoms with Crippen LogP contribution in [-0.2, 0) is 9.59 Å². The molecule has 3 rings (SSSR count). The third-order valence-corrected chi connectivity index (χ3v) is 5.62. The Labute approximate surface area is 163 Å². The Hall–Kier alpha value is -2.41. The van der Waals surface area contributed by atoms with Gasteiger partial charge < -0.3 is 0 Å². The predicted molar refractivity (Wildman–Crippen MR) is 107 cm³/mol. The lowest BCUT2D eigenvalue weighted by molar-refractivity contribution is -0.119. The van der Waals surface area contributed by atoms with Crippen LogP contribution in [0.2, 0.25) is 0 Å². The lowest BCUT2D eigenvalue weighted by Gasteiger charge is -2.32. The van der Waals surface area contributed by atoms with E-state index in [1.54, 1.807) is 9.69 Å². The van der Waals surface area contributed by atoms with Crippen LogP contribution in [0.5, 0.6) is 0 Å². The number of benzene rings is 1. The molecular formula is C20H24N4O2S. The molecule has 2 aromatic rings. The maximum absolute atomic E-state index is 13.0. The molecule has 0 atom stereocenters. The first-order valence-electron chi connectivity index (χ1n) is 9.24. The van der Waals surface area contributed by atoms with E-state index in [0.717, 1.165) is 24.0 Å². The average Bonchev–Trinajstić information content (AvgIpc) is 3.11. The molecule has 27 heavy (non-hydrogen) atoms. The number of nitrogens with zero attached hydrogens (tertiary/aromatic N) is 4. The molecule has 0 fully saturated rings. The molecule has 1 aromatic carbocycles. The molecule has 0 unspecified atom stereocenters. The zero-order valence-corrected chi connectivity index (χ0v) is 17.0. The minimum absolute atomic E-state index is 0.0271. The third kappa shape index (κ3) is 3.69. The molecule has 1 amide bonds. The second-order valence-electron chi connectivity index (χ2n) is 6.67. The topological polar surface area (TPSA) is 68.1 Å². The number of Topliss-reactive ketones (excluding diaryl/α,β-unsaturated/α-hetero) is 1. The van der Waals surface area contributed by atoms with Crippen molar-refractivity contribution in [2.75, 3.05) is 5.01 Å². The average molecular weight is 385 g/mol. The number of allylic oxidation sites excluding steroid dienone is 1. The number of carbonyl (C=O) groups excluding carboxylic acids is 2. The van der Waals surface area contributed by atoms with Gasteiger partial charge in [-0.15, -0.1) is 10.2 Å².